The van der Waals surface area contributed by atoms with Gasteiger partial charge in [0.1, 0.15) is 0 Å². The maximum Gasteiger partial charge on any atom is 0.222 e. The number of rotatable bonds is 10. The minimum absolute atomic E-state index is 0. The molecular weight excluding hydrogens is 421 g/mol. The summed E-state index contributed by atoms with van der Waals surface area (Å²) in [7, 11) is 0. The average Bonchev–Trinajstić information content (AvgIpc) is 2.94. The van der Waals surface area contributed by atoms with E-state index < -0.39 is 0 Å². The first-order valence-corrected chi connectivity index (χ1v) is 8.74. The molecule has 1 rings (SSSR count). The molecule has 0 aromatic rings. The summed E-state index contributed by atoms with van der Waals surface area (Å²) in [5, 5.41) is 9.18. The molecule has 1 aliphatic rings. The minimum Gasteiger partial charge on any atom is -0.357 e. The van der Waals surface area contributed by atoms with Gasteiger partial charge in [-0.05, 0) is 26.2 Å². The minimum atomic E-state index is 0. The third kappa shape index (κ3) is 9.94. The van der Waals surface area contributed by atoms with Crippen molar-refractivity contribution in [2.45, 2.75) is 46.0 Å². The predicted octanol–water partition coefficient (Wildman–Crippen LogP) is 1.09. The van der Waals surface area contributed by atoms with Crippen LogP contribution in [0.2, 0.25) is 0 Å². The van der Waals surface area contributed by atoms with Crippen molar-refractivity contribution in [2.24, 2.45) is 4.99 Å². The lowest BCUT2D eigenvalue weighted by atomic mass is 10.3. The van der Waals surface area contributed by atoms with Gasteiger partial charge in [0, 0.05) is 52.1 Å². The Morgan fingerprint density at radius 1 is 1.21 bits per heavy atom. The molecule has 1 saturated heterocycles. The number of nitrogens with zero attached hydrogens (tertiary/aromatic N) is 2. The first-order chi connectivity index (χ1) is 11.2. The van der Waals surface area contributed by atoms with Crippen molar-refractivity contribution in [1.29, 1.82) is 0 Å². The van der Waals surface area contributed by atoms with Crippen LogP contribution in [0.4, 0.5) is 0 Å². The highest BCUT2D eigenvalue weighted by Crippen LogP contribution is 2.09. The number of hydrogen-bond acceptors (Lipinski definition) is 3. The quantitative estimate of drug-likeness (QED) is 0.200. The van der Waals surface area contributed by atoms with E-state index in [1.165, 1.54) is 0 Å². The van der Waals surface area contributed by atoms with Crippen molar-refractivity contribution in [2.75, 3.05) is 39.3 Å². The van der Waals surface area contributed by atoms with Crippen LogP contribution in [0.5, 0.6) is 0 Å². The van der Waals surface area contributed by atoms with Gasteiger partial charge < -0.3 is 20.9 Å². The molecule has 0 aliphatic carbocycles. The zero-order valence-corrected chi connectivity index (χ0v) is 17.2. The number of carbonyl (C=O) groups is 2. The lowest BCUT2D eigenvalue weighted by Crippen LogP contribution is -2.39. The van der Waals surface area contributed by atoms with E-state index in [1.807, 2.05) is 18.7 Å². The van der Waals surface area contributed by atoms with E-state index in [9.17, 15) is 9.59 Å². The molecule has 2 amide bonds. The van der Waals surface area contributed by atoms with Crippen LogP contribution in [0.15, 0.2) is 4.99 Å². The Labute approximate surface area is 162 Å². The summed E-state index contributed by atoms with van der Waals surface area (Å²) in [4.78, 5) is 29.4. The highest BCUT2D eigenvalue weighted by Gasteiger charge is 2.18. The fraction of sp³-hybridized carbons (Fsp3) is 0.812. The van der Waals surface area contributed by atoms with E-state index >= 15 is 0 Å². The molecule has 0 aromatic heterocycles. The number of nitrogens with one attached hydrogen (secondary N) is 3. The topological polar surface area (TPSA) is 85.8 Å². The molecule has 140 valence electrons. The van der Waals surface area contributed by atoms with Crippen molar-refractivity contribution in [1.82, 2.24) is 20.9 Å². The molecule has 3 N–H and O–H groups in total. The molecular formula is C16H32IN5O2. The molecule has 0 radical (unpaired) electrons. The van der Waals surface area contributed by atoms with Gasteiger partial charge in [0.05, 0.1) is 0 Å². The van der Waals surface area contributed by atoms with E-state index in [1.54, 1.807) is 0 Å². The zero-order chi connectivity index (χ0) is 16.9. The van der Waals surface area contributed by atoms with E-state index in [4.69, 9.17) is 0 Å². The second kappa shape index (κ2) is 14.3. The summed E-state index contributed by atoms with van der Waals surface area (Å²) in [6, 6.07) is 0. The first kappa shape index (κ1) is 22.9. The summed E-state index contributed by atoms with van der Waals surface area (Å²) in [6.45, 7) is 8.43. The van der Waals surface area contributed by atoms with Gasteiger partial charge in [-0.3, -0.25) is 14.6 Å². The molecule has 0 bridgehead atoms. The number of guanidine groups is 1. The Morgan fingerprint density at radius 3 is 2.62 bits per heavy atom. The molecule has 0 spiro atoms. The Balaban J connectivity index is 0.00000529. The largest absolute Gasteiger partial charge is 0.357 e. The number of hydrogen-bond donors (Lipinski definition) is 3. The molecule has 0 aromatic carbocycles. The van der Waals surface area contributed by atoms with Crippen LogP contribution in [-0.4, -0.2) is 61.9 Å². The molecule has 24 heavy (non-hydrogen) atoms. The van der Waals surface area contributed by atoms with Crippen LogP contribution in [-0.2, 0) is 9.59 Å². The van der Waals surface area contributed by atoms with Gasteiger partial charge in [-0.15, -0.1) is 24.0 Å². The van der Waals surface area contributed by atoms with Gasteiger partial charge in [-0.25, -0.2) is 0 Å². The number of likely N-dealkylation sites (tertiary alicyclic amines) is 1. The van der Waals surface area contributed by atoms with Crippen LogP contribution in [0.3, 0.4) is 0 Å². The highest BCUT2D eigenvalue weighted by molar-refractivity contribution is 14.0. The van der Waals surface area contributed by atoms with Crippen LogP contribution < -0.4 is 16.0 Å². The lowest BCUT2D eigenvalue weighted by Gasteiger charge is -2.15. The third-order valence-electron chi connectivity index (χ3n) is 3.59. The lowest BCUT2D eigenvalue weighted by molar-refractivity contribution is -0.127. The predicted molar refractivity (Wildman–Crippen MR) is 108 cm³/mol. The van der Waals surface area contributed by atoms with E-state index in [0.717, 1.165) is 51.4 Å². The van der Waals surface area contributed by atoms with Crippen molar-refractivity contribution >= 4 is 41.8 Å². The van der Waals surface area contributed by atoms with Gasteiger partial charge in [-0.2, -0.15) is 0 Å². The van der Waals surface area contributed by atoms with E-state index in [-0.39, 0.29) is 35.8 Å². The second-order valence-corrected chi connectivity index (χ2v) is 5.63. The first-order valence-electron chi connectivity index (χ1n) is 8.74. The Morgan fingerprint density at radius 2 is 2.00 bits per heavy atom. The Bertz CT molecular complexity index is 404. The normalized spacial score (nSPS) is 14.3. The summed E-state index contributed by atoms with van der Waals surface area (Å²) < 4.78 is 0. The molecule has 1 aliphatic heterocycles. The monoisotopic (exact) mass is 453 g/mol. The van der Waals surface area contributed by atoms with Crippen LogP contribution in [0.1, 0.15) is 46.0 Å². The number of carbonyl (C=O) groups excluding carboxylic acids is 2. The summed E-state index contributed by atoms with van der Waals surface area (Å²) in [5.74, 6) is 1.04. The standard InChI is InChI=1S/C16H31N5O2.HI/c1-3-9-18-14(22)8-11-20-16(17-4-2)19-10-6-13-21-12-5-7-15(21)23;/h3-13H2,1-2H3,(H,18,22)(H2,17,19,20);1H. The molecule has 8 heteroatoms. The molecule has 0 unspecified atom stereocenters. The van der Waals surface area contributed by atoms with Gasteiger partial charge in [0.25, 0.3) is 0 Å². The SMILES string of the molecule is CCCNC(=O)CCNC(=NCCCN1CCCC1=O)NCC.I. The zero-order valence-electron chi connectivity index (χ0n) is 14.9. The van der Waals surface area contributed by atoms with Gasteiger partial charge in [0.2, 0.25) is 11.8 Å². The fourth-order valence-corrected chi connectivity index (χ4v) is 2.38. The van der Waals surface area contributed by atoms with E-state index in [2.05, 4.69) is 20.9 Å². The average molecular weight is 453 g/mol. The van der Waals surface area contributed by atoms with Gasteiger partial charge in [-0.1, -0.05) is 6.92 Å². The smallest absolute Gasteiger partial charge is 0.222 e. The summed E-state index contributed by atoms with van der Waals surface area (Å²) in [5.41, 5.74) is 0. The van der Waals surface area contributed by atoms with Crippen LogP contribution in [0.25, 0.3) is 0 Å². The van der Waals surface area contributed by atoms with Crippen molar-refractivity contribution < 1.29 is 9.59 Å². The van der Waals surface area contributed by atoms with Crippen molar-refractivity contribution in [3.63, 3.8) is 0 Å². The Kier molecular flexibility index (Phi) is 13.7. The third-order valence-corrected chi connectivity index (χ3v) is 3.59. The van der Waals surface area contributed by atoms with Crippen molar-refractivity contribution in [3.05, 3.63) is 0 Å². The number of halogens is 1. The molecule has 1 fully saturated rings. The Hall–Kier alpha value is -1.06. The summed E-state index contributed by atoms with van der Waals surface area (Å²) >= 11 is 0. The van der Waals surface area contributed by atoms with E-state index in [0.29, 0.717) is 25.9 Å². The summed E-state index contributed by atoms with van der Waals surface area (Å²) in [6.07, 6.45) is 3.91. The molecule has 0 saturated carbocycles. The van der Waals surface area contributed by atoms with Crippen LogP contribution >= 0.6 is 24.0 Å². The van der Waals surface area contributed by atoms with Gasteiger partial charge in [0.15, 0.2) is 5.96 Å². The molecule has 1 heterocycles. The highest BCUT2D eigenvalue weighted by atomic mass is 127. The molecule has 7 nitrogen and oxygen atoms in total. The van der Waals surface area contributed by atoms with Crippen LogP contribution in [0, 0.1) is 0 Å². The number of amides is 2. The van der Waals surface area contributed by atoms with Crippen molar-refractivity contribution in [3.8, 4) is 0 Å². The van der Waals surface area contributed by atoms with Gasteiger partial charge >= 0.3 is 0 Å². The fourth-order valence-electron chi connectivity index (χ4n) is 2.38. The number of aliphatic imine (C=N–C) groups is 1. The molecule has 0 atom stereocenters. The maximum absolute atomic E-state index is 11.5. The maximum atomic E-state index is 11.5. The second-order valence-electron chi connectivity index (χ2n) is 5.63.